The summed E-state index contributed by atoms with van der Waals surface area (Å²) in [6.45, 7) is 13.2. The van der Waals surface area contributed by atoms with E-state index in [9.17, 15) is 0 Å². The molecule has 4 rings (SSSR count). The minimum absolute atomic E-state index is 0.0162. The molecule has 2 aromatic rings. The number of aromatic nitrogens is 2. The van der Waals surface area contributed by atoms with Crippen molar-refractivity contribution in [1.82, 2.24) is 9.78 Å². The Hall–Kier alpha value is -0.693. The van der Waals surface area contributed by atoms with Crippen LogP contribution in [-0.2, 0) is 19.9 Å². The molecule has 29 heavy (non-hydrogen) atoms. The second kappa shape index (κ2) is 7.77. The fourth-order valence-electron chi connectivity index (χ4n) is 4.32. The molecule has 0 amide bonds. The van der Waals surface area contributed by atoms with Crippen LogP contribution in [0.2, 0.25) is 18.1 Å². The third kappa shape index (κ3) is 4.10. The molecule has 6 heteroatoms. The van der Waals surface area contributed by atoms with Crippen LogP contribution >= 0.6 is 15.9 Å². The van der Waals surface area contributed by atoms with Gasteiger partial charge in [0.2, 0.25) is 0 Å². The maximum atomic E-state index is 6.48. The van der Waals surface area contributed by atoms with Gasteiger partial charge in [0.1, 0.15) is 0 Å². The molecule has 2 unspecified atom stereocenters. The summed E-state index contributed by atoms with van der Waals surface area (Å²) in [5, 5.41) is 6.15. The first-order valence-corrected chi connectivity index (χ1v) is 14.8. The van der Waals surface area contributed by atoms with Crippen LogP contribution in [0.5, 0.6) is 0 Å². The van der Waals surface area contributed by atoms with Crippen LogP contribution in [0.25, 0.3) is 10.9 Å². The zero-order chi connectivity index (χ0) is 20.9. The lowest BCUT2D eigenvalue weighted by Gasteiger charge is -2.37. The molecule has 1 aromatic carbocycles. The van der Waals surface area contributed by atoms with Crippen molar-refractivity contribution in [2.75, 3.05) is 13.2 Å². The molecule has 0 spiro atoms. The van der Waals surface area contributed by atoms with Gasteiger partial charge in [-0.15, -0.1) is 0 Å². The second-order valence-corrected chi connectivity index (χ2v) is 16.6. The molecular weight excluding hydrogens is 444 g/mol. The summed E-state index contributed by atoms with van der Waals surface area (Å²) in [6.07, 6.45) is 8.78. The highest BCUT2D eigenvalue weighted by molar-refractivity contribution is 9.09. The number of nitrogens with zero attached hydrogens (tertiary/aromatic N) is 2. The summed E-state index contributed by atoms with van der Waals surface area (Å²) >= 11 is 4.12. The average Bonchev–Trinajstić information content (AvgIpc) is 3.21. The van der Waals surface area contributed by atoms with Crippen LogP contribution in [-0.4, -0.2) is 31.3 Å². The number of hydrogen-bond donors (Lipinski definition) is 0. The Labute approximate surface area is 184 Å². The summed E-state index contributed by atoms with van der Waals surface area (Å²) in [5.74, 6) is 0. The summed E-state index contributed by atoms with van der Waals surface area (Å²) in [4.78, 5) is 0. The van der Waals surface area contributed by atoms with Crippen molar-refractivity contribution in [3.8, 4) is 0 Å². The molecule has 1 aliphatic heterocycles. The van der Waals surface area contributed by atoms with Crippen LogP contribution in [0.15, 0.2) is 18.3 Å². The van der Waals surface area contributed by atoms with Crippen molar-refractivity contribution in [1.29, 1.82) is 0 Å². The van der Waals surface area contributed by atoms with E-state index in [0.29, 0.717) is 0 Å². The Kier molecular flexibility index (Phi) is 5.77. The standard InChI is InChI=1S/C23H35BrN2O2Si/c1-22(2,3)29(4,5)28-13-11-23(24)10-9-17-15-20-18(14-19(17)23)16-25-26(20)21-8-6-7-12-27-21/h14-16,21H,6-13H2,1-5H3. The fraction of sp³-hybridized carbons (Fsp3) is 0.696. The molecule has 0 N–H and O–H groups in total. The van der Waals surface area contributed by atoms with Crippen LogP contribution in [0.4, 0.5) is 0 Å². The van der Waals surface area contributed by atoms with E-state index in [4.69, 9.17) is 9.16 Å². The summed E-state index contributed by atoms with van der Waals surface area (Å²) in [5.41, 5.74) is 4.08. The number of halogens is 1. The predicted octanol–water partition coefficient (Wildman–Crippen LogP) is 6.68. The van der Waals surface area contributed by atoms with Gasteiger partial charge in [0.25, 0.3) is 0 Å². The van der Waals surface area contributed by atoms with Gasteiger partial charge in [0.15, 0.2) is 14.5 Å². The molecular formula is C23H35BrN2O2Si. The zero-order valence-corrected chi connectivity index (χ0v) is 21.1. The van der Waals surface area contributed by atoms with E-state index in [1.165, 1.54) is 28.5 Å². The lowest BCUT2D eigenvalue weighted by Crippen LogP contribution is -2.41. The van der Waals surface area contributed by atoms with Crippen LogP contribution in [0.3, 0.4) is 0 Å². The number of alkyl halides is 1. The first-order chi connectivity index (χ1) is 13.6. The molecule has 1 saturated heterocycles. The SMILES string of the molecule is CC(C)(C)[Si](C)(C)OCCC1(Br)CCc2cc3c(cnn3C3CCCCO3)cc21. The predicted molar refractivity (Wildman–Crippen MR) is 125 cm³/mol. The molecule has 0 bridgehead atoms. The van der Waals surface area contributed by atoms with E-state index < -0.39 is 8.32 Å². The Balaban J connectivity index is 1.53. The maximum Gasteiger partial charge on any atom is 0.191 e. The van der Waals surface area contributed by atoms with Gasteiger partial charge in [-0.25, -0.2) is 4.68 Å². The number of ether oxygens (including phenoxy) is 1. The third-order valence-electron chi connectivity index (χ3n) is 7.29. The lowest BCUT2D eigenvalue weighted by atomic mass is 9.97. The molecule has 160 valence electrons. The van der Waals surface area contributed by atoms with Crippen molar-refractivity contribution >= 4 is 35.2 Å². The van der Waals surface area contributed by atoms with Crippen LogP contribution < -0.4 is 0 Å². The average molecular weight is 480 g/mol. The number of fused-ring (bicyclic) bond motifs is 2. The van der Waals surface area contributed by atoms with E-state index in [-0.39, 0.29) is 15.6 Å². The molecule has 2 atom stereocenters. The van der Waals surface area contributed by atoms with E-state index in [1.807, 2.05) is 6.20 Å². The number of benzene rings is 1. The first-order valence-electron chi connectivity index (χ1n) is 11.1. The van der Waals surface area contributed by atoms with Gasteiger partial charge < -0.3 is 9.16 Å². The maximum absolute atomic E-state index is 6.48. The van der Waals surface area contributed by atoms with Gasteiger partial charge in [-0.3, -0.25) is 0 Å². The molecule has 0 saturated carbocycles. The van der Waals surface area contributed by atoms with E-state index in [2.05, 4.69) is 71.7 Å². The van der Waals surface area contributed by atoms with Gasteiger partial charge in [0.05, 0.1) is 16.0 Å². The molecule has 2 aliphatic rings. The Bertz CT molecular complexity index is 883. The number of rotatable bonds is 5. The minimum Gasteiger partial charge on any atom is -0.417 e. The summed E-state index contributed by atoms with van der Waals surface area (Å²) in [7, 11) is -1.71. The normalized spacial score (nSPS) is 25.5. The Morgan fingerprint density at radius 1 is 1.31 bits per heavy atom. The number of hydrogen-bond acceptors (Lipinski definition) is 3. The van der Waals surface area contributed by atoms with Gasteiger partial charge >= 0.3 is 0 Å². The smallest absolute Gasteiger partial charge is 0.191 e. The highest BCUT2D eigenvalue weighted by Crippen LogP contribution is 2.48. The minimum atomic E-state index is -1.71. The molecule has 4 nitrogen and oxygen atoms in total. The van der Waals surface area contributed by atoms with Crippen LogP contribution in [0, 0.1) is 0 Å². The molecule has 1 aliphatic carbocycles. The summed E-state index contributed by atoms with van der Waals surface area (Å²) < 4.78 is 14.6. The molecule has 1 aromatic heterocycles. The topological polar surface area (TPSA) is 36.3 Å². The lowest BCUT2D eigenvalue weighted by molar-refractivity contribution is -0.0366. The highest BCUT2D eigenvalue weighted by Gasteiger charge is 2.40. The van der Waals surface area contributed by atoms with Crippen molar-refractivity contribution in [2.45, 2.75) is 88.0 Å². The second-order valence-electron chi connectivity index (χ2n) is 10.3. The largest absolute Gasteiger partial charge is 0.417 e. The Morgan fingerprint density at radius 3 is 2.79 bits per heavy atom. The third-order valence-corrected chi connectivity index (χ3v) is 13.0. The fourth-order valence-corrected chi connectivity index (χ4v) is 6.09. The first kappa shape index (κ1) is 21.5. The highest BCUT2D eigenvalue weighted by atomic mass is 79.9. The van der Waals surface area contributed by atoms with Crippen molar-refractivity contribution in [3.05, 3.63) is 29.5 Å². The molecule has 0 radical (unpaired) electrons. The monoisotopic (exact) mass is 478 g/mol. The number of aryl methyl sites for hydroxylation is 1. The van der Waals surface area contributed by atoms with Gasteiger partial charge in [-0.2, -0.15) is 5.10 Å². The van der Waals surface area contributed by atoms with Gasteiger partial charge in [0, 0.05) is 18.6 Å². The quantitative estimate of drug-likeness (QED) is 0.354. The van der Waals surface area contributed by atoms with Crippen molar-refractivity contribution in [2.24, 2.45) is 0 Å². The Morgan fingerprint density at radius 2 is 2.10 bits per heavy atom. The van der Waals surface area contributed by atoms with Gasteiger partial charge in [-0.1, -0.05) is 36.7 Å². The van der Waals surface area contributed by atoms with E-state index in [1.54, 1.807) is 0 Å². The zero-order valence-electron chi connectivity index (χ0n) is 18.6. The van der Waals surface area contributed by atoms with E-state index in [0.717, 1.165) is 45.3 Å². The summed E-state index contributed by atoms with van der Waals surface area (Å²) in [6, 6.07) is 4.71. The van der Waals surface area contributed by atoms with Gasteiger partial charge in [-0.05, 0) is 79.9 Å². The molecule has 2 heterocycles. The van der Waals surface area contributed by atoms with Crippen molar-refractivity contribution in [3.63, 3.8) is 0 Å². The molecule has 1 fully saturated rings. The van der Waals surface area contributed by atoms with Crippen LogP contribution in [0.1, 0.15) is 70.2 Å². The van der Waals surface area contributed by atoms with Crippen molar-refractivity contribution < 1.29 is 9.16 Å². The van der Waals surface area contributed by atoms with E-state index >= 15 is 0 Å².